The van der Waals surface area contributed by atoms with E-state index in [1.165, 1.54) is 0 Å². The molecule has 4 aliphatic rings. The maximum absolute atomic E-state index is 14.3. The maximum Gasteiger partial charge on any atom is 0.453 e. The summed E-state index contributed by atoms with van der Waals surface area (Å²) in [7, 11) is 0. The van der Waals surface area contributed by atoms with Gasteiger partial charge in [-0.15, -0.1) is 0 Å². The van der Waals surface area contributed by atoms with E-state index in [-0.39, 0.29) is 41.3 Å². The summed E-state index contributed by atoms with van der Waals surface area (Å²) < 4.78 is 67.8. The summed E-state index contributed by atoms with van der Waals surface area (Å²) in [5.41, 5.74) is -1.10. The number of ketones is 1. The average Bonchev–Trinajstić information content (AvgIpc) is 2.92. The van der Waals surface area contributed by atoms with Gasteiger partial charge in [0.1, 0.15) is 0 Å². The zero-order chi connectivity index (χ0) is 19.8. The second-order valence-electron chi connectivity index (χ2n) is 9.82. The van der Waals surface area contributed by atoms with Crippen molar-refractivity contribution < 1.29 is 26.7 Å². The van der Waals surface area contributed by atoms with E-state index in [2.05, 4.69) is 6.92 Å². The minimum Gasteiger partial charge on any atom is -0.295 e. The van der Waals surface area contributed by atoms with Crippen LogP contribution < -0.4 is 0 Å². The van der Waals surface area contributed by atoms with E-state index in [1.807, 2.05) is 6.08 Å². The lowest BCUT2D eigenvalue weighted by molar-refractivity contribution is -0.316. The van der Waals surface area contributed by atoms with Crippen molar-refractivity contribution in [3.63, 3.8) is 0 Å². The number of hydrogen-bond donors (Lipinski definition) is 0. The number of carbonyl (C=O) groups is 1. The molecule has 0 aromatic heterocycles. The zero-order valence-electron chi connectivity index (χ0n) is 15.8. The lowest BCUT2D eigenvalue weighted by Crippen LogP contribution is -2.55. The van der Waals surface area contributed by atoms with Gasteiger partial charge in [-0.1, -0.05) is 19.9 Å². The minimum absolute atomic E-state index is 0.0502. The first-order valence-corrected chi connectivity index (χ1v) is 10.1. The van der Waals surface area contributed by atoms with Gasteiger partial charge < -0.3 is 0 Å². The van der Waals surface area contributed by atoms with Gasteiger partial charge in [0.25, 0.3) is 0 Å². The van der Waals surface area contributed by atoms with E-state index in [0.717, 1.165) is 12.8 Å². The van der Waals surface area contributed by atoms with Crippen molar-refractivity contribution in [1.29, 1.82) is 0 Å². The summed E-state index contributed by atoms with van der Waals surface area (Å²) in [6.45, 7) is 3.84. The number of alkyl halides is 5. The van der Waals surface area contributed by atoms with Gasteiger partial charge in [-0.3, -0.25) is 4.79 Å². The van der Waals surface area contributed by atoms with Crippen LogP contribution in [-0.2, 0) is 4.79 Å². The fourth-order valence-electron chi connectivity index (χ4n) is 7.43. The molecule has 6 heteroatoms. The normalized spacial score (nSPS) is 47.4. The van der Waals surface area contributed by atoms with Crippen molar-refractivity contribution in [1.82, 2.24) is 0 Å². The van der Waals surface area contributed by atoms with Crippen molar-refractivity contribution in [3.05, 3.63) is 12.2 Å². The van der Waals surface area contributed by atoms with Crippen LogP contribution in [0, 0.1) is 40.4 Å². The number of hydrogen-bond acceptors (Lipinski definition) is 1. The third kappa shape index (κ3) is 2.57. The van der Waals surface area contributed by atoms with Gasteiger partial charge in [-0.25, -0.2) is 0 Å². The Morgan fingerprint density at radius 1 is 0.963 bits per heavy atom. The number of fused-ring (bicyclic) bond motifs is 5. The molecule has 7 atom stereocenters. The molecule has 3 saturated carbocycles. The molecule has 1 nitrogen and oxygen atoms in total. The Morgan fingerprint density at radius 2 is 1.67 bits per heavy atom. The largest absolute Gasteiger partial charge is 0.453 e. The number of allylic oxidation sites excluding steroid dienone is 2. The third-order valence-corrected chi connectivity index (χ3v) is 8.86. The summed E-state index contributed by atoms with van der Waals surface area (Å²) in [5, 5.41) is 0. The summed E-state index contributed by atoms with van der Waals surface area (Å²) in [4.78, 5) is 11.8. The molecule has 0 aliphatic heterocycles. The zero-order valence-corrected chi connectivity index (χ0v) is 15.8. The smallest absolute Gasteiger partial charge is 0.295 e. The Kier molecular flexibility index (Phi) is 4.16. The standard InChI is InChI=1S/C21H27F5O/c1-18-9-7-13(27)11-12(18)3-4-14-15-5-6-17(20(22,23)21(24,25)26)19(15,2)10-8-16(14)18/h7,9,12,14-17H,3-6,8,10-11H2,1-2H3/t12-,14-,15-,16-,17+,18-,19-/m0/s1. The fraction of sp³-hybridized carbons (Fsp3) is 0.857. The van der Waals surface area contributed by atoms with Crippen LogP contribution >= 0.6 is 0 Å². The van der Waals surface area contributed by atoms with Crippen molar-refractivity contribution >= 4 is 5.78 Å². The summed E-state index contributed by atoms with van der Waals surface area (Å²) in [5.74, 6) is -5.46. The van der Waals surface area contributed by atoms with Crippen LogP contribution in [0.3, 0.4) is 0 Å². The maximum atomic E-state index is 14.3. The quantitative estimate of drug-likeness (QED) is 0.488. The van der Waals surface area contributed by atoms with E-state index >= 15 is 0 Å². The average molecular weight is 390 g/mol. The Morgan fingerprint density at radius 3 is 2.33 bits per heavy atom. The topological polar surface area (TPSA) is 17.1 Å². The van der Waals surface area contributed by atoms with Crippen molar-refractivity contribution in [3.8, 4) is 0 Å². The highest BCUT2D eigenvalue weighted by Gasteiger charge is 2.71. The number of carbonyl (C=O) groups excluding carboxylic acids is 1. The van der Waals surface area contributed by atoms with Gasteiger partial charge in [0, 0.05) is 12.3 Å². The van der Waals surface area contributed by atoms with E-state index in [0.29, 0.717) is 25.7 Å². The summed E-state index contributed by atoms with van der Waals surface area (Å²) in [6, 6.07) is 0. The molecule has 0 N–H and O–H groups in total. The van der Waals surface area contributed by atoms with Crippen molar-refractivity contribution in [2.24, 2.45) is 40.4 Å². The van der Waals surface area contributed by atoms with Gasteiger partial charge in [0.15, 0.2) is 5.78 Å². The molecular weight excluding hydrogens is 363 g/mol. The van der Waals surface area contributed by atoms with Crippen LogP contribution in [0.5, 0.6) is 0 Å². The van der Waals surface area contributed by atoms with Gasteiger partial charge in [0.05, 0.1) is 0 Å². The van der Waals surface area contributed by atoms with Crippen molar-refractivity contribution in [2.75, 3.05) is 0 Å². The fourth-order valence-corrected chi connectivity index (χ4v) is 7.43. The molecule has 4 aliphatic carbocycles. The highest BCUT2D eigenvalue weighted by molar-refractivity contribution is 5.91. The van der Waals surface area contributed by atoms with E-state index < -0.39 is 23.4 Å². The predicted molar refractivity (Wildman–Crippen MR) is 91.1 cm³/mol. The Balaban J connectivity index is 1.65. The van der Waals surface area contributed by atoms with Gasteiger partial charge in [-0.05, 0) is 79.1 Å². The Hall–Kier alpha value is -0.940. The summed E-state index contributed by atoms with van der Waals surface area (Å²) in [6.07, 6.45) is 1.92. The molecule has 0 saturated heterocycles. The van der Waals surface area contributed by atoms with Crippen LogP contribution in [-0.4, -0.2) is 17.9 Å². The van der Waals surface area contributed by atoms with Gasteiger partial charge in [-0.2, -0.15) is 22.0 Å². The number of rotatable bonds is 1. The summed E-state index contributed by atoms with van der Waals surface area (Å²) >= 11 is 0. The Bertz CT molecular complexity index is 668. The first-order valence-electron chi connectivity index (χ1n) is 10.1. The highest BCUT2D eigenvalue weighted by atomic mass is 19.4. The molecule has 4 rings (SSSR count). The lowest BCUT2D eigenvalue weighted by atomic mass is 9.45. The monoisotopic (exact) mass is 390 g/mol. The number of halogens is 5. The molecule has 152 valence electrons. The molecule has 0 spiro atoms. The Labute approximate surface area is 156 Å². The molecule has 0 heterocycles. The lowest BCUT2D eigenvalue weighted by Gasteiger charge is -2.59. The van der Waals surface area contributed by atoms with E-state index in [4.69, 9.17) is 0 Å². The molecule has 0 aromatic carbocycles. The molecule has 0 radical (unpaired) electrons. The first-order chi connectivity index (χ1) is 12.4. The molecule has 0 unspecified atom stereocenters. The van der Waals surface area contributed by atoms with E-state index in [1.54, 1.807) is 13.0 Å². The molecule has 0 bridgehead atoms. The molecule has 0 aromatic rings. The molecular formula is C21H27F5O. The van der Waals surface area contributed by atoms with Crippen LogP contribution in [0.2, 0.25) is 0 Å². The second kappa shape index (κ2) is 5.79. The SMILES string of the molecule is C[C@]12C=CC(=O)C[C@@H]1CC[C@@H]1[C@@H]2CC[C@@]2(C)[C@H]1CC[C@H]2C(F)(F)C(F)(F)F. The van der Waals surface area contributed by atoms with E-state index in [9.17, 15) is 26.7 Å². The molecule has 27 heavy (non-hydrogen) atoms. The van der Waals surface area contributed by atoms with Gasteiger partial charge in [0.2, 0.25) is 0 Å². The molecule has 0 amide bonds. The highest BCUT2D eigenvalue weighted by Crippen LogP contribution is 2.69. The van der Waals surface area contributed by atoms with Crippen LogP contribution in [0.15, 0.2) is 12.2 Å². The predicted octanol–water partition coefficient (Wildman–Crippen LogP) is 6.19. The second-order valence-corrected chi connectivity index (χ2v) is 9.82. The van der Waals surface area contributed by atoms with Crippen LogP contribution in [0.1, 0.15) is 58.8 Å². The molecule has 3 fully saturated rings. The van der Waals surface area contributed by atoms with Gasteiger partial charge >= 0.3 is 12.1 Å². The van der Waals surface area contributed by atoms with Crippen molar-refractivity contribution in [2.45, 2.75) is 70.9 Å². The first kappa shape index (κ1) is 19.4. The third-order valence-electron chi connectivity index (χ3n) is 8.86. The van der Waals surface area contributed by atoms with Crippen LogP contribution in [0.25, 0.3) is 0 Å². The van der Waals surface area contributed by atoms with Crippen LogP contribution in [0.4, 0.5) is 22.0 Å². The minimum atomic E-state index is -5.48.